The Bertz CT molecular complexity index is 928. The molecule has 1 aromatic carbocycles. The number of benzene rings is 1. The minimum absolute atomic E-state index is 0.00226. The van der Waals surface area contributed by atoms with Crippen LogP contribution in [0.1, 0.15) is 56.1 Å². The molecular weight excluding hydrogens is 376 g/mol. The minimum atomic E-state index is -0.438. The minimum Gasteiger partial charge on any atom is -0.462 e. The second-order valence-electron chi connectivity index (χ2n) is 6.95. The highest BCUT2D eigenvalue weighted by Gasteiger charge is 2.30. The number of nitrogens with one attached hydrogen (secondary N) is 1. The van der Waals surface area contributed by atoms with E-state index in [1.807, 2.05) is 32.0 Å². The summed E-state index contributed by atoms with van der Waals surface area (Å²) in [7, 11) is 0. The number of esters is 1. The van der Waals surface area contributed by atoms with Crippen molar-refractivity contribution in [1.29, 1.82) is 0 Å². The van der Waals surface area contributed by atoms with E-state index >= 15 is 0 Å². The van der Waals surface area contributed by atoms with Gasteiger partial charge in [-0.3, -0.25) is 9.59 Å². The fraction of sp³-hybridized carbons (Fsp3) is 0.381. The summed E-state index contributed by atoms with van der Waals surface area (Å²) in [5.74, 6) is -0.705. The van der Waals surface area contributed by atoms with Crippen LogP contribution in [-0.2, 0) is 22.5 Å². The molecule has 0 atom stereocenters. The van der Waals surface area contributed by atoms with Gasteiger partial charge >= 0.3 is 5.97 Å². The maximum atomic E-state index is 12.8. The van der Waals surface area contributed by atoms with E-state index in [4.69, 9.17) is 4.74 Å². The molecule has 7 heteroatoms. The zero-order valence-electron chi connectivity index (χ0n) is 16.5. The number of ether oxygens (including phenoxy) is 1. The molecule has 1 N–H and O–H groups in total. The number of fused-ring (bicyclic) bond motifs is 1. The third kappa shape index (κ3) is 4.09. The summed E-state index contributed by atoms with van der Waals surface area (Å²) < 4.78 is 5.23. The number of aryl methyl sites for hydroxylation is 2. The fourth-order valence-electron chi connectivity index (χ4n) is 3.46. The number of carbonyl (C=O) groups excluding carboxylic acids is 3. The predicted molar refractivity (Wildman–Crippen MR) is 109 cm³/mol. The molecule has 148 valence electrons. The van der Waals surface area contributed by atoms with E-state index in [0.29, 0.717) is 35.6 Å². The van der Waals surface area contributed by atoms with E-state index < -0.39 is 5.97 Å². The van der Waals surface area contributed by atoms with Crippen LogP contribution in [0.4, 0.5) is 5.00 Å². The van der Waals surface area contributed by atoms with Crippen molar-refractivity contribution in [3.63, 3.8) is 0 Å². The van der Waals surface area contributed by atoms with Crippen LogP contribution >= 0.6 is 11.3 Å². The van der Waals surface area contributed by atoms with Crippen LogP contribution in [0.25, 0.3) is 0 Å². The quantitative estimate of drug-likeness (QED) is 0.794. The van der Waals surface area contributed by atoms with E-state index in [-0.39, 0.29) is 18.4 Å². The number of hydrogen-bond acceptors (Lipinski definition) is 5. The molecule has 0 radical (unpaired) electrons. The van der Waals surface area contributed by atoms with Gasteiger partial charge in [-0.15, -0.1) is 11.3 Å². The van der Waals surface area contributed by atoms with Crippen LogP contribution in [0.5, 0.6) is 0 Å². The third-order valence-electron chi connectivity index (χ3n) is 4.69. The molecule has 0 saturated carbocycles. The van der Waals surface area contributed by atoms with Crippen LogP contribution in [-0.4, -0.2) is 35.8 Å². The molecule has 0 bridgehead atoms. The molecule has 6 nitrogen and oxygen atoms in total. The zero-order chi connectivity index (χ0) is 20.4. The molecule has 0 fully saturated rings. The van der Waals surface area contributed by atoms with Crippen molar-refractivity contribution < 1.29 is 19.1 Å². The summed E-state index contributed by atoms with van der Waals surface area (Å²) in [5, 5.41) is 3.38. The van der Waals surface area contributed by atoms with Gasteiger partial charge in [0.25, 0.3) is 5.91 Å². The van der Waals surface area contributed by atoms with Gasteiger partial charge in [-0.25, -0.2) is 4.79 Å². The molecule has 1 aliphatic heterocycles. The van der Waals surface area contributed by atoms with Crippen molar-refractivity contribution in [2.45, 2.75) is 40.7 Å². The first-order chi connectivity index (χ1) is 13.3. The lowest BCUT2D eigenvalue weighted by atomic mass is 10.0. The summed E-state index contributed by atoms with van der Waals surface area (Å²) in [5.41, 5.74) is 3.83. The molecule has 1 aliphatic rings. The monoisotopic (exact) mass is 400 g/mol. The molecule has 0 aliphatic carbocycles. The molecule has 2 heterocycles. The maximum Gasteiger partial charge on any atom is 0.341 e. The molecule has 28 heavy (non-hydrogen) atoms. The van der Waals surface area contributed by atoms with Gasteiger partial charge in [0.15, 0.2) is 0 Å². The molecule has 3 rings (SSSR count). The van der Waals surface area contributed by atoms with E-state index in [1.165, 1.54) is 18.3 Å². The Balaban J connectivity index is 1.96. The van der Waals surface area contributed by atoms with Gasteiger partial charge in [-0.1, -0.05) is 17.2 Å². The Morgan fingerprint density at radius 2 is 1.86 bits per heavy atom. The van der Waals surface area contributed by atoms with Crippen molar-refractivity contribution >= 4 is 34.1 Å². The second kappa shape index (κ2) is 8.14. The SMILES string of the molecule is CCOC(=O)c1c(NC(=O)c2cc(C)cc(C)c2)sc2c1CCN(C(C)=O)C2. The third-order valence-corrected chi connectivity index (χ3v) is 5.82. The van der Waals surface area contributed by atoms with Crippen molar-refractivity contribution in [2.75, 3.05) is 18.5 Å². The van der Waals surface area contributed by atoms with Crippen LogP contribution in [0.15, 0.2) is 18.2 Å². The lowest BCUT2D eigenvalue weighted by Crippen LogP contribution is -2.34. The second-order valence-corrected chi connectivity index (χ2v) is 8.05. The highest BCUT2D eigenvalue weighted by Crippen LogP contribution is 2.38. The van der Waals surface area contributed by atoms with E-state index in [9.17, 15) is 14.4 Å². The smallest absolute Gasteiger partial charge is 0.341 e. The fourth-order valence-corrected chi connectivity index (χ4v) is 4.71. The summed E-state index contributed by atoms with van der Waals surface area (Å²) in [6.45, 7) is 8.42. The van der Waals surface area contributed by atoms with E-state index in [2.05, 4.69) is 5.32 Å². The number of anilines is 1. The Labute approximate surface area is 168 Å². The number of carbonyl (C=O) groups is 3. The van der Waals surface area contributed by atoms with Crippen molar-refractivity contribution in [3.8, 4) is 0 Å². The van der Waals surface area contributed by atoms with Crippen molar-refractivity contribution in [1.82, 2.24) is 4.90 Å². The number of amides is 2. The number of nitrogens with zero attached hydrogens (tertiary/aromatic N) is 1. The highest BCUT2D eigenvalue weighted by molar-refractivity contribution is 7.17. The topological polar surface area (TPSA) is 75.7 Å². The van der Waals surface area contributed by atoms with Gasteiger partial charge in [0.1, 0.15) is 5.00 Å². The van der Waals surface area contributed by atoms with Crippen molar-refractivity contribution in [2.24, 2.45) is 0 Å². The molecule has 0 saturated heterocycles. The standard InChI is InChI=1S/C21H24N2O4S/c1-5-27-21(26)18-16-6-7-23(14(4)24)11-17(16)28-20(18)22-19(25)15-9-12(2)8-13(3)10-15/h8-10H,5-7,11H2,1-4H3,(H,22,25). The van der Waals surface area contributed by atoms with Gasteiger partial charge in [0.2, 0.25) is 5.91 Å². The molecule has 2 aromatic rings. The summed E-state index contributed by atoms with van der Waals surface area (Å²) in [4.78, 5) is 39.8. The maximum absolute atomic E-state index is 12.8. The van der Waals surface area contributed by atoms with E-state index in [0.717, 1.165) is 21.6 Å². The molecule has 1 aromatic heterocycles. The Kier molecular flexibility index (Phi) is 5.84. The first kappa shape index (κ1) is 20.1. The van der Waals surface area contributed by atoms with Gasteiger partial charge in [-0.2, -0.15) is 0 Å². The highest BCUT2D eigenvalue weighted by atomic mass is 32.1. The Hall–Kier alpha value is -2.67. The molecule has 2 amide bonds. The summed E-state index contributed by atoms with van der Waals surface area (Å²) in [6.07, 6.45) is 0.568. The first-order valence-corrected chi connectivity index (χ1v) is 10.1. The van der Waals surface area contributed by atoms with Crippen LogP contribution in [0.2, 0.25) is 0 Å². The Morgan fingerprint density at radius 1 is 1.18 bits per heavy atom. The number of rotatable bonds is 4. The number of hydrogen-bond donors (Lipinski definition) is 1. The molecule has 0 spiro atoms. The van der Waals surface area contributed by atoms with Crippen LogP contribution < -0.4 is 5.32 Å². The molecular formula is C21H24N2O4S. The lowest BCUT2D eigenvalue weighted by molar-refractivity contribution is -0.129. The van der Waals surface area contributed by atoms with Crippen LogP contribution in [0.3, 0.4) is 0 Å². The normalized spacial score (nSPS) is 13.1. The predicted octanol–water partition coefficient (Wildman–Crippen LogP) is 3.70. The first-order valence-electron chi connectivity index (χ1n) is 9.27. The largest absolute Gasteiger partial charge is 0.462 e. The van der Waals surface area contributed by atoms with Gasteiger partial charge in [0, 0.05) is 23.9 Å². The Morgan fingerprint density at radius 3 is 2.46 bits per heavy atom. The van der Waals surface area contributed by atoms with Gasteiger partial charge in [0.05, 0.1) is 18.7 Å². The van der Waals surface area contributed by atoms with Crippen molar-refractivity contribution in [3.05, 3.63) is 50.9 Å². The lowest BCUT2D eigenvalue weighted by Gasteiger charge is -2.25. The summed E-state index contributed by atoms with van der Waals surface area (Å²) >= 11 is 1.34. The van der Waals surface area contributed by atoms with Crippen LogP contribution in [0, 0.1) is 13.8 Å². The van der Waals surface area contributed by atoms with Gasteiger partial charge < -0.3 is 15.0 Å². The van der Waals surface area contributed by atoms with E-state index in [1.54, 1.807) is 11.8 Å². The van der Waals surface area contributed by atoms with Gasteiger partial charge in [-0.05, 0) is 44.9 Å². The average molecular weight is 401 g/mol. The zero-order valence-corrected chi connectivity index (χ0v) is 17.4. The number of thiophene rings is 1. The molecule has 0 unspecified atom stereocenters. The average Bonchev–Trinajstić information content (AvgIpc) is 2.97. The summed E-state index contributed by atoms with van der Waals surface area (Å²) in [6, 6.07) is 5.63.